The molecule has 0 spiro atoms. The lowest BCUT2D eigenvalue weighted by molar-refractivity contribution is 0.267. The highest BCUT2D eigenvalue weighted by atomic mass is 79.9. The van der Waals surface area contributed by atoms with Gasteiger partial charge in [-0.3, -0.25) is 4.98 Å². The van der Waals surface area contributed by atoms with Crippen LogP contribution in [0.4, 0.5) is 0 Å². The molecule has 2 heterocycles. The number of halogens is 1. The van der Waals surface area contributed by atoms with Crippen LogP contribution in [0.1, 0.15) is 25.2 Å². The maximum Gasteiger partial charge on any atom is 0.146 e. The molecule has 4 nitrogen and oxygen atoms in total. The minimum atomic E-state index is 0.407. The molecule has 0 saturated heterocycles. The van der Waals surface area contributed by atoms with Crippen LogP contribution < -0.4 is 10.1 Å². The minimum Gasteiger partial charge on any atom is -0.484 e. The molecule has 2 aromatic rings. The Morgan fingerprint density at radius 2 is 2.25 bits per heavy atom. The Balaban J connectivity index is 1.88. The summed E-state index contributed by atoms with van der Waals surface area (Å²) in [6.45, 7) is 6.56. The summed E-state index contributed by atoms with van der Waals surface area (Å²) in [6, 6.07) is 3.86. The molecule has 1 N–H and O–H groups in total. The smallest absolute Gasteiger partial charge is 0.146 e. The second-order valence-corrected chi connectivity index (χ2v) is 5.94. The first-order chi connectivity index (χ1) is 9.65. The lowest BCUT2D eigenvalue weighted by atomic mass is 10.2. The third kappa shape index (κ3) is 4.65. The van der Waals surface area contributed by atoms with Crippen molar-refractivity contribution in [2.75, 3.05) is 6.54 Å². The van der Waals surface area contributed by atoms with E-state index < -0.39 is 0 Å². The fourth-order valence-corrected chi connectivity index (χ4v) is 2.11. The van der Waals surface area contributed by atoms with Crippen LogP contribution in [0.25, 0.3) is 0 Å². The van der Waals surface area contributed by atoms with Crippen molar-refractivity contribution in [1.82, 2.24) is 10.3 Å². The van der Waals surface area contributed by atoms with Gasteiger partial charge in [0.25, 0.3) is 0 Å². The van der Waals surface area contributed by atoms with E-state index in [1.165, 1.54) is 0 Å². The lowest BCUT2D eigenvalue weighted by Crippen LogP contribution is -2.19. The number of rotatable bonds is 7. The van der Waals surface area contributed by atoms with Crippen LogP contribution in [0.5, 0.6) is 5.75 Å². The summed E-state index contributed by atoms with van der Waals surface area (Å²) in [5, 5.41) is 3.40. The van der Waals surface area contributed by atoms with Gasteiger partial charge in [-0.15, -0.1) is 0 Å². The average molecular weight is 339 g/mol. The molecule has 20 heavy (non-hydrogen) atoms. The van der Waals surface area contributed by atoms with Gasteiger partial charge in [0.2, 0.25) is 0 Å². The van der Waals surface area contributed by atoms with Crippen molar-refractivity contribution in [2.45, 2.75) is 27.0 Å². The number of furan rings is 1. The first kappa shape index (κ1) is 15.1. The Kier molecular flexibility index (Phi) is 5.61. The predicted molar refractivity (Wildman–Crippen MR) is 81.5 cm³/mol. The quantitative estimate of drug-likeness (QED) is 0.834. The van der Waals surface area contributed by atoms with Gasteiger partial charge in [0, 0.05) is 22.8 Å². The normalized spacial score (nSPS) is 11.0. The van der Waals surface area contributed by atoms with Crippen LogP contribution in [-0.4, -0.2) is 11.5 Å². The molecule has 0 aliphatic rings. The first-order valence-corrected chi connectivity index (χ1v) is 7.43. The molecule has 0 aromatic carbocycles. The molecule has 5 heteroatoms. The fraction of sp³-hybridized carbons (Fsp3) is 0.400. The maximum atomic E-state index is 5.69. The molecule has 0 saturated carbocycles. The molecule has 0 aliphatic carbocycles. The second kappa shape index (κ2) is 7.45. The van der Waals surface area contributed by atoms with E-state index in [0.717, 1.165) is 34.6 Å². The van der Waals surface area contributed by atoms with Gasteiger partial charge in [-0.05, 0) is 40.5 Å². The van der Waals surface area contributed by atoms with Crippen LogP contribution in [0.15, 0.2) is 39.7 Å². The van der Waals surface area contributed by atoms with Crippen LogP contribution in [0.2, 0.25) is 0 Å². The number of nitrogens with one attached hydrogen (secondary N) is 1. The Hall–Kier alpha value is -1.33. The van der Waals surface area contributed by atoms with E-state index >= 15 is 0 Å². The number of pyridine rings is 1. The van der Waals surface area contributed by atoms with Crippen molar-refractivity contribution in [3.8, 4) is 5.75 Å². The van der Waals surface area contributed by atoms with Crippen molar-refractivity contribution >= 4 is 15.9 Å². The van der Waals surface area contributed by atoms with Crippen molar-refractivity contribution in [2.24, 2.45) is 5.92 Å². The molecule has 0 amide bonds. The number of hydrogen-bond donors (Lipinski definition) is 1. The summed E-state index contributed by atoms with van der Waals surface area (Å²) in [4.78, 5) is 4.06. The van der Waals surface area contributed by atoms with Gasteiger partial charge in [0.15, 0.2) is 0 Å². The number of aromatic nitrogens is 1. The average Bonchev–Trinajstić information content (AvgIpc) is 2.84. The summed E-state index contributed by atoms with van der Waals surface area (Å²) < 4.78 is 12.1. The summed E-state index contributed by atoms with van der Waals surface area (Å²) in [6.07, 6.45) is 5.11. The van der Waals surface area contributed by atoms with Gasteiger partial charge in [-0.25, -0.2) is 0 Å². The number of hydrogen-bond acceptors (Lipinski definition) is 4. The van der Waals surface area contributed by atoms with Gasteiger partial charge in [0.05, 0.1) is 12.5 Å². The minimum absolute atomic E-state index is 0.407. The van der Waals surface area contributed by atoms with E-state index in [1.54, 1.807) is 18.7 Å². The van der Waals surface area contributed by atoms with Gasteiger partial charge >= 0.3 is 0 Å². The zero-order chi connectivity index (χ0) is 14.4. The third-order valence-corrected chi connectivity index (χ3v) is 3.19. The van der Waals surface area contributed by atoms with Gasteiger partial charge in [-0.1, -0.05) is 13.8 Å². The van der Waals surface area contributed by atoms with E-state index in [2.05, 4.69) is 40.1 Å². The standard InChI is InChI=1S/C15H19BrN2O2/c1-11(2)6-17-7-12-3-4-19-15(12)10-20-14-5-13(16)8-18-9-14/h3-5,8-9,11,17H,6-7,10H2,1-2H3. The summed E-state index contributed by atoms with van der Waals surface area (Å²) in [5.74, 6) is 2.20. The van der Waals surface area contributed by atoms with Crippen LogP contribution in [0.3, 0.4) is 0 Å². The Morgan fingerprint density at radius 3 is 3.00 bits per heavy atom. The highest BCUT2D eigenvalue weighted by molar-refractivity contribution is 9.10. The topological polar surface area (TPSA) is 47.3 Å². The number of ether oxygens (including phenoxy) is 1. The summed E-state index contributed by atoms with van der Waals surface area (Å²) >= 11 is 3.37. The van der Waals surface area contributed by atoms with Crippen molar-refractivity contribution in [1.29, 1.82) is 0 Å². The first-order valence-electron chi connectivity index (χ1n) is 6.64. The van der Waals surface area contributed by atoms with Crippen LogP contribution in [0, 0.1) is 5.92 Å². The van der Waals surface area contributed by atoms with E-state index in [9.17, 15) is 0 Å². The highest BCUT2D eigenvalue weighted by Crippen LogP contribution is 2.18. The van der Waals surface area contributed by atoms with E-state index in [1.807, 2.05) is 12.1 Å². The predicted octanol–water partition coefficient (Wildman–Crippen LogP) is 3.76. The van der Waals surface area contributed by atoms with Crippen LogP contribution >= 0.6 is 15.9 Å². The summed E-state index contributed by atoms with van der Waals surface area (Å²) in [7, 11) is 0. The molecule has 0 radical (unpaired) electrons. The highest BCUT2D eigenvalue weighted by Gasteiger charge is 2.07. The molecular formula is C15H19BrN2O2. The lowest BCUT2D eigenvalue weighted by Gasteiger charge is -2.08. The monoisotopic (exact) mass is 338 g/mol. The largest absolute Gasteiger partial charge is 0.484 e. The Morgan fingerprint density at radius 1 is 1.40 bits per heavy atom. The van der Waals surface area contributed by atoms with Gasteiger partial charge < -0.3 is 14.5 Å². The van der Waals surface area contributed by atoms with E-state index in [4.69, 9.17) is 9.15 Å². The van der Waals surface area contributed by atoms with Gasteiger partial charge in [-0.2, -0.15) is 0 Å². The molecule has 2 rings (SSSR count). The zero-order valence-corrected chi connectivity index (χ0v) is 13.3. The number of nitrogens with zero attached hydrogens (tertiary/aromatic N) is 1. The fourth-order valence-electron chi connectivity index (χ4n) is 1.77. The van der Waals surface area contributed by atoms with Crippen molar-refractivity contribution in [3.63, 3.8) is 0 Å². The van der Waals surface area contributed by atoms with Crippen LogP contribution in [-0.2, 0) is 13.2 Å². The maximum absolute atomic E-state index is 5.69. The molecule has 0 unspecified atom stereocenters. The Bertz CT molecular complexity index is 540. The SMILES string of the molecule is CC(C)CNCc1ccoc1COc1cncc(Br)c1. The second-order valence-electron chi connectivity index (χ2n) is 5.02. The molecular weight excluding hydrogens is 320 g/mol. The molecule has 2 aromatic heterocycles. The van der Waals surface area contributed by atoms with E-state index in [0.29, 0.717) is 12.5 Å². The zero-order valence-electron chi connectivity index (χ0n) is 11.7. The van der Waals surface area contributed by atoms with E-state index in [-0.39, 0.29) is 0 Å². The summed E-state index contributed by atoms with van der Waals surface area (Å²) in [5.41, 5.74) is 1.13. The third-order valence-electron chi connectivity index (χ3n) is 2.76. The van der Waals surface area contributed by atoms with Gasteiger partial charge in [0.1, 0.15) is 18.1 Å². The molecule has 108 valence electrons. The molecule has 0 atom stereocenters. The molecule has 0 bridgehead atoms. The van der Waals surface area contributed by atoms with Crippen molar-refractivity contribution in [3.05, 3.63) is 46.6 Å². The Labute approximate surface area is 127 Å². The molecule has 0 aliphatic heterocycles. The van der Waals surface area contributed by atoms with Crippen molar-refractivity contribution < 1.29 is 9.15 Å². The molecule has 0 fully saturated rings.